The number of aromatic nitrogens is 3. The standard InChI is InChI=1S/C15H11ClN4O2/c1-8-3-2-4-12(17-8)18-15(22)13-14(21)10-7-9(16)5-6-11(10)19-20-13/h2-7H,1H3,(H,19,21)(H,17,18,22). The van der Waals surface area contributed by atoms with Gasteiger partial charge in [-0.15, -0.1) is 0 Å². The zero-order chi connectivity index (χ0) is 15.7. The lowest BCUT2D eigenvalue weighted by molar-refractivity contribution is 0.102. The summed E-state index contributed by atoms with van der Waals surface area (Å²) in [4.78, 5) is 28.7. The van der Waals surface area contributed by atoms with E-state index in [-0.39, 0.29) is 5.69 Å². The van der Waals surface area contributed by atoms with E-state index in [0.29, 0.717) is 21.7 Å². The molecule has 0 atom stereocenters. The largest absolute Gasteiger partial charge is 0.305 e. The van der Waals surface area contributed by atoms with E-state index in [0.717, 1.165) is 5.69 Å². The van der Waals surface area contributed by atoms with Crippen molar-refractivity contribution in [2.75, 3.05) is 5.32 Å². The predicted molar refractivity (Wildman–Crippen MR) is 84.3 cm³/mol. The van der Waals surface area contributed by atoms with Crippen molar-refractivity contribution in [2.45, 2.75) is 6.92 Å². The summed E-state index contributed by atoms with van der Waals surface area (Å²) in [6.45, 7) is 1.80. The third-order valence-electron chi connectivity index (χ3n) is 3.07. The Balaban J connectivity index is 2.01. The number of benzene rings is 1. The SMILES string of the molecule is Cc1cccc(NC(=O)c2n[nH]c3ccc(Cl)cc3c2=O)n1. The molecule has 0 saturated heterocycles. The molecule has 2 aromatic heterocycles. The summed E-state index contributed by atoms with van der Waals surface area (Å²) < 4.78 is 0. The summed E-state index contributed by atoms with van der Waals surface area (Å²) in [6.07, 6.45) is 0. The summed E-state index contributed by atoms with van der Waals surface area (Å²) in [5.74, 6) is -0.265. The zero-order valence-corrected chi connectivity index (χ0v) is 12.3. The topological polar surface area (TPSA) is 87.7 Å². The molecule has 1 amide bonds. The Kier molecular flexibility index (Phi) is 3.60. The van der Waals surface area contributed by atoms with E-state index in [1.807, 2.05) is 0 Å². The van der Waals surface area contributed by atoms with Crippen molar-refractivity contribution in [2.24, 2.45) is 0 Å². The molecule has 0 spiro atoms. The number of carbonyl (C=O) groups is 1. The van der Waals surface area contributed by atoms with Crippen LogP contribution in [-0.2, 0) is 0 Å². The number of halogens is 1. The van der Waals surface area contributed by atoms with E-state index >= 15 is 0 Å². The molecule has 1 aromatic carbocycles. The van der Waals surface area contributed by atoms with E-state index in [2.05, 4.69) is 20.5 Å². The number of amides is 1. The van der Waals surface area contributed by atoms with Gasteiger partial charge >= 0.3 is 0 Å². The minimum Gasteiger partial charge on any atom is -0.305 e. The Morgan fingerprint density at radius 1 is 1.27 bits per heavy atom. The molecule has 0 aliphatic heterocycles. The molecule has 3 rings (SSSR count). The number of aromatic amines is 1. The van der Waals surface area contributed by atoms with Crippen molar-refractivity contribution < 1.29 is 4.79 Å². The summed E-state index contributed by atoms with van der Waals surface area (Å²) >= 11 is 5.89. The van der Waals surface area contributed by atoms with E-state index in [1.54, 1.807) is 37.3 Å². The van der Waals surface area contributed by atoms with Gasteiger partial charge in [0, 0.05) is 10.7 Å². The monoisotopic (exact) mass is 314 g/mol. The van der Waals surface area contributed by atoms with Gasteiger partial charge in [-0.25, -0.2) is 4.98 Å². The van der Waals surface area contributed by atoms with Crippen LogP contribution in [0.4, 0.5) is 5.82 Å². The van der Waals surface area contributed by atoms with Gasteiger partial charge < -0.3 is 5.32 Å². The van der Waals surface area contributed by atoms with Crippen molar-refractivity contribution in [3.63, 3.8) is 0 Å². The maximum atomic E-state index is 12.4. The molecule has 6 nitrogen and oxygen atoms in total. The van der Waals surface area contributed by atoms with Crippen LogP contribution in [0.5, 0.6) is 0 Å². The smallest absolute Gasteiger partial charge is 0.281 e. The summed E-state index contributed by atoms with van der Waals surface area (Å²) in [5, 5.41) is 9.79. The zero-order valence-electron chi connectivity index (χ0n) is 11.6. The highest BCUT2D eigenvalue weighted by Gasteiger charge is 2.16. The number of nitrogens with zero attached hydrogens (tertiary/aromatic N) is 2. The molecule has 0 radical (unpaired) electrons. The third kappa shape index (κ3) is 2.68. The number of hydrogen-bond acceptors (Lipinski definition) is 4. The molecule has 2 heterocycles. The van der Waals surface area contributed by atoms with E-state index in [4.69, 9.17) is 11.6 Å². The first kappa shape index (κ1) is 14.2. The fourth-order valence-corrected chi connectivity index (χ4v) is 2.21. The number of anilines is 1. The van der Waals surface area contributed by atoms with Crippen LogP contribution >= 0.6 is 11.6 Å². The van der Waals surface area contributed by atoms with Gasteiger partial charge in [0.05, 0.1) is 10.9 Å². The van der Waals surface area contributed by atoms with Crippen LogP contribution in [0.3, 0.4) is 0 Å². The Morgan fingerprint density at radius 2 is 2.09 bits per heavy atom. The first-order valence-electron chi connectivity index (χ1n) is 6.47. The normalized spacial score (nSPS) is 10.6. The van der Waals surface area contributed by atoms with Gasteiger partial charge in [-0.05, 0) is 37.3 Å². The molecule has 0 saturated carbocycles. The first-order chi connectivity index (χ1) is 10.5. The molecule has 2 N–H and O–H groups in total. The van der Waals surface area contributed by atoms with Crippen LogP contribution < -0.4 is 10.7 Å². The van der Waals surface area contributed by atoms with Gasteiger partial charge in [0.15, 0.2) is 5.69 Å². The molecule has 3 aromatic rings. The van der Waals surface area contributed by atoms with Crippen molar-refractivity contribution in [3.8, 4) is 0 Å². The molecule has 0 bridgehead atoms. The highest BCUT2D eigenvalue weighted by Crippen LogP contribution is 2.14. The minimum atomic E-state index is -0.624. The summed E-state index contributed by atoms with van der Waals surface area (Å²) in [6, 6.07) is 9.97. The van der Waals surface area contributed by atoms with E-state index < -0.39 is 11.3 Å². The molecular weight excluding hydrogens is 304 g/mol. The highest BCUT2D eigenvalue weighted by molar-refractivity contribution is 6.31. The van der Waals surface area contributed by atoms with Crippen molar-refractivity contribution in [3.05, 3.63) is 63.0 Å². The molecule has 22 heavy (non-hydrogen) atoms. The molecule has 7 heteroatoms. The van der Waals surface area contributed by atoms with Crippen molar-refractivity contribution >= 4 is 34.2 Å². The van der Waals surface area contributed by atoms with Gasteiger partial charge in [-0.3, -0.25) is 14.7 Å². The highest BCUT2D eigenvalue weighted by atomic mass is 35.5. The molecular formula is C15H11ClN4O2. The Bertz CT molecular complexity index is 936. The van der Waals surface area contributed by atoms with Gasteiger partial charge in [-0.1, -0.05) is 17.7 Å². The number of rotatable bonds is 2. The lowest BCUT2D eigenvalue weighted by Crippen LogP contribution is -2.24. The second kappa shape index (κ2) is 5.57. The van der Waals surface area contributed by atoms with Gasteiger partial charge in [0.1, 0.15) is 5.82 Å². The number of hydrogen-bond donors (Lipinski definition) is 2. The van der Waals surface area contributed by atoms with Crippen LogP contribution in [0.2, 0.25) is 5.02 Å². The second-order valence-corrected chi connectivity index (χ2v) is 5.15. The maximum Gasteiger partial charge on any atom is 0.281 e. The Morgan fingerprint density at radius 3 is 2.86 bits per heavy atom. The first-order valence-corrected chi connectivity index (χ1v) is 6.85. The van der Waals surface area contributed by atoms with Crippen LogP contribution in [0.1, 0.15) is 16.2 Å². The van der Waals surface area contributed by atoms with E-state index in [1.165, 1.54) is 6.07 Å². The maximum absolute atomic E-state index is 12.4. The fourth-order valence-electron chi connectivity index (χ4n) is 2.04. The number of H-pyrrole nitrogens is 1. The fraction of sp³-hybridized carbons (Fsp3) is 0.0667. The van der Waals surface area contributed by atoms with Gasteiger partial charge in [0.25, 0.3) is 5.91 Å². The summed E-state index contributed by atoms with van der Waals surface area (Å²) in [5.41, 5.74) is 0.545. The van der Waals surface area contributed by atoms with Crippen LogP contribution in [0.25, 0.3) is 10.9 Å². The molecule has 0 fully saturated rings. The van der Waals surface area contributed by atoms with E-state index in [9.17, 15) is 9.59 Å². The quantitative estimate of drug-likeness (QED) is 0.761. The number of fused-ring (bicyclic) bond motifs is 1. The number of carbonyl (C=O) groups excluding carboxylic acids is 1. The Hall–Kier alpha value is -2.73. The van der Waals surface area contributed by atoms with Crippen molar-refractivity contribution in [1.29, 1.82) is 0 Å². The average Bonchev–Trinajstić information content (AvgIpc) is 2.48. The lowest BCUT2D eigenvalue weighted by atomic mass is 10.2. The third-order valence-corrected chi connectivity index (χ3v) is 3.31. The van der Waals surface area contributed by atoms with Gasteiger partial charge in [-0.2, -0.15) is 5.10 Å². The van der Waals surface area contributed by atoms with Crippen LogP contribution in [0.15, 0.2) is 41.2 Å². The minimum absolute atomic E-state index is 0.238. The average molecular weight is 315 g/mol. The lowest BCUT2D eigenvalue weighted by Gasteiger charge is -2.05. The molecule has 110 valence electrons. The molecule has 0 aliphatic carbocycles. The van der Waals surface area contributed by atoms with Crippen molar-refractivity contribution in [1.82, 2.24) is 15.2 Å². The number of nitrogens with one attached hydrogen (secondary N) is 2. The Labute approximate surface area is 130 Å². The predicted octanol–water partition coefficient (Wildman–Crippen LogP) is 2.53. The van der Waals surface area contributed by atoms with Gasteiger partial charge in [0.2, 0.25) is 5.43 Å². The van der Waals surface area contributed by atoms with Crippen LogP contribution in [-0.4, -0.2) is 21.1 Å². The molecule has 0 aliphatic rings. The molecule has 0 unspecified atom stereocenters. The second-order valence-electron chi connectivity index (χ2n) is 4.71. The number of pyridine rings is 1. The summed E-state index contributed by atoms with van der Waals surface area (Å²) in [7, 11) is 0. The van der Waals surface area contributed by atoms with Crippen LogP contribution in [0, 0.1) is 6.92 Å². The number of aryl methyl sites for hydroxylation is 1.